The number of carbonyl (C=O) groups excluding carboxylic acids is 1. The normalized spacial score (nSPS) is 11.1. The predicted molar refractivity (Wildman–Crippen MR) is 123 cm³/mol. The van der Waals surface area contributed by atoms with Gasteiger partial charge in [0.1, 0.15) is 0 Å². The lowest BCUT2D eigenvalue weighted by molar-refractivity contribution is 0.108. The van der Waals surface area contributed by atoms with Crippen molar-refractivity contribution in [3.63, 3.8) is 0 Å². The van der Waals surface area contributed by atoms with Crippen LogP contribution < -0.4 is 10.6 Å². The Morgan fingerprint density at radius 2 is 1.11 bits per heavy atom. The molecule has 0 unspecified atom stereocenters. The van der Waals surface area contributed by atoms with Crippen LogP contribution in [0.4, 0.5) is 0 Å². The lowest BCUT2D eigenvalue weighted by Crippen LogP contribution is -2.20. The van der Waals surface area contributed by atoms with Gasteiger partial charge in [-0.2, -0.15) is 0 Å². The van der Waals surface area contributed by atoms with E-state index in [0.717, 1.165) is 44.0 Å². The van der Waals surface area contributed by atoms with Crippen molar-refractivity contribution in [1.82, 2.24) is 0 Å². The highest BCUT2D eigenvalue weighted by Crippen LogP contribution is 2.41. The maximum atomic E-state index is 14.0. The Labute approximate surface area is 178 Å². The highest BCUT2D eigenvalue weighted by atomic mass is 35.5. The number of alkyl halides is 2. The molecule has 0 saturated carbocycles. The molecule has 3 rings (SSSR count). The van der Waals surface area contributed by atoms with Crippen LogP contribution in [0.3, 0.4) is 0 Å². The molecular weight excluding hydrogens is 406 g/mol. The third kappa shape index (κ3) is 3.90. The highest BCUT2D eigenvalue weighted by molar-refractivity contribution is 7.88. The summed E-state index contributed by atoms with van der Waals surface area (Å²) in [6.45, 7) is 6.06. The Hall–Kier alpha value is -1.66. The topological polar surface area (TPSA) is 17.1 Å². The van der Waals surface area contributed by atoms with E-state index in [1.807, 2.05) is 81.4 Å². The van der Waals surface area contributed by atoms with Crippen LogP contribution in [0.25, 0.3) is 0 Å². The minimum atomic E-state index is -1.19. The molecule has 0 aliphatic rings. The molecule has 0 heterocycles. The molecule has 0 radical (unpaired) electrons. The molecule has 3 aromatic rings. The van der Waals surface area contributed by atoms with Crippen molar-refractivity contribution in [2.45, 2.75) is 32.5 Å². The van der Waals surface area contributed by atoms with Gasteiger partial charge in [0, 0.05) is 25.2 Å². The smallest absolute Gasteiger partial charge is 0.193 e. The summed E-state index contributed by atoms with van der Waals surface area (Å²) in [5, 5.41) is 2.10. The van der Waals surface area contributed by atoms with Crippen molar-refractivity contribution in [1.29, 1.82) is 0 Å². The summed E-state index contributed by atoms with van der Waals surface area (Å²) in [4.78, 5) is 14.0. The zero-order chi connectivity index (χ0) is 20.3. The van der Waals surface area contributed by atoms with Crippen molar-refractivity contribution in [2.75, 3.05) is 0 Å². The molecule has 0 aliphatic heterocycles. The van der Waals surface area contributed by atoms with Crippen molar-refractivity contribution in [2.24, 2.45) is 0 Å². The predicted octanol–water partition coefficient (Wildman–Crippen LogP) is 6.36. The van der Waals surface area contributed by atoms with Gasteiger partial charge >= 0.3 is 0 Å². The molecule has 0 fully saturated rings. The number of carbonyl (C=O) groups is 1. The van der Waals surface area contributed by atoms with Crippen molar-refractivity contribution >= 4 is 47.3 Å². The summed E-state index contributed by atoms with van der Waals surface area (Å²) in [6, 6.07) is 20.1. The lowest BCUT2D eigenvalue weighted by Gasteiger charge is -2.24. The number of halogens is 2. The summed E-state index contributed by atoms with van der Waals surface area (Å²) in [6.07, 6.45) is 0. The standard InChI is InChI=1S/C24H23Cl2OP/c1-16-21(14-25)17(2)23(18(3)22(16)15-26)24(27)28(19-10-6-4-7-11-19)20-12-8-5-9-13-20/h4-13H,14-15H2,1-3H3. The van der Waals surface area contributed by atoms with E-state index in [-0.39, 0.29) is 5.52 Å². The minimum absolute atomic E-state index is 0.153. The third-order valence-electron chi connectivity index (χ3n) is 5.27. The van der Waals surface area contributed by atoms with Gasteiger partial charge in [-0.1, -0.05) is 60.7 Å². The van der Waals surface area contributed by atoms with Crippen LogP contribution >= 0.6 is 31.1 Å². The number of hydrogen-bond donors (Lipinski definition) is 0. The van der Waals surface area contributed by atoms with Gasteiger partial charge in [-0.15, -0.1) is 23.2 Å². The molecule has 0 spiro atoms. The molecule has 1 nitrogen and oxygen atoms in total. The van der Waals surface area contributed by atoms with Gasteiger partial charge in [-0.3, -0.25) is 4.79 Å². The van der Waals surface area contributed by atoms with Crippen LogP contribution in [0, 0.1) is 20.8 Å². The molecule has 0 aliphatic carbocycles. The SMILES string of the molecule is Cc1c(CCl)c(C)c(C(=O)P(c2ccccc2)c2ccccc2)c(C)c1CCl. The van der Waals surface area contributed by atoms with Gasteiger partial charge in [0.05, 0.1) is 0 Å². The van der Waals surface area contributed by atoms with Crippen molar-refractivity contribution < 1.29 is 4.79 Å². The van der Waals surface area contributed by atoms with Crippen LogP contribution in [-0.2, 0) is 11.8 Å². The van der Waals surface area contributed by atoms with Gasteiger partial charge in [-0.25, -0.2) is 0 Å². The minimum Gasteiger partial charge on any atom is -0.288 e. The molecule has 0 saturated heterocycles. The summed E-state index contributed by atoms with van der Waals surface area (Å²) >= 11 is 12.5. The first-order valence-corrected chi connectivity index (χ1v) is 11.6. The second-order valence-electron chi connectivity index (χ2n) is 6.79. The van der Waals surface area contributed by atoms with Crippen LogP contribution in [0.2, 0.25) is 0 Å². The summed E-state index contributed by atoms with van der Waals surface area (Å²) in [7, 11) is -1.19. The third-order valence-corrected chi connectivity index (χ3v) is 8.07. The van der Waals surface area contributed by atoms with Gasteiger partial charge in [0.15, 0.2) is 5.52 Å². The van der Waals surface area contributed by atoms with Gasteiger partial charge in [0.2, 0.25) is 0 Å². The zero-order valence-electron chi connectivity index (χ0n) is 16.3. The highest BCUT2D eigenvalue weighted by Gasteiger charge is 2.28. The fourth-order valence-corrected chi connectivity index (χ4v) is 6.77. The van der Waals surface area contributed by atoms with Crippen LogP contribution in [0.15, 0.2) is 60.7 Å². The van der Waals surface area contributed by atoms with E-state index < -0.39 is 7.92 Å². The Balaban J connectivity index is 2.25. The van der Waals surface area contributed by atoms with E-state index in [1.165, 1.54) is 0 Å². The summed E-state index contributed by atoms with van der Waals surface area (Å²) < 4.78 is 0. The average molecular weight is 429 g/mol. The van der Waals surface area contributed by atoms with Gasteiger partial charge in [-0.05, 0) is 59.2 Å². The molecule has 0 N–H and O–H groups in total. The van der Waals surface area contributed by atoms with E-state index in [9.17, 15) is 4.79 Å². The van der Waals surface area contributed by atoms with E-state index in [4.69, 9.17) is 23.2 Å². The van der Waals surface area contributed by atoms with Crippen LogP contribution in [0.1, 0.15) is 38.2 Å². The van der Waals surface area contributed by atoms with E-state index in [1.54, 1.807) is 0 Å². The summed E-state index contributed by atoms with van der Waals surface area (Å²) in [5.74, 6) is 0.743. The Bertz CT molecular complexity index is 914. The summed E-state index contributed by atoms with van der Waals surface area (Å²) in [5.41, 5.74) is 6.01. The quantitative estimate of drug-likeness (QED) is 0.329. The van der Waals surface area contributed by atoms with E-state index in [0.29, 0.717) is 11.8 Å². The monoisotopic (exact) mass is 428 g/mol. The average Bonchev–Trinajstić information content (AvgIpc) is 2.70. The van der Waals surface area contributed by atoms with Gasteiger partial charge in [0.25, 0.3) is 0 Å². The Kier molecular flexibility index (Phi) is 6.94. The molecule has 28 heavy (non-hydrogen) atoms. The Morgan fingerprint density at radius 1 is 0.714 bits per heavy atom. The molecule has 0 bridgehead atoms. The van der Waals surface area contributed by atoms with E-state index in [2.05, 4.69) is 0 Å². The van der Waals surface area contributed by atoms with E-state index >= 15 is 0 Å². The second-order valence-corrected chi connectivity index (χ2v) is 9.43. The van der Waals surface area contributed by atoms with Crippen molar-refractivity contribution in [3.8, 4) is 0 Å². The molecule has 144 valence electrons. The van der Waals surface area contributed by atoms with Gasteiger partial charge < -0.3 is 0 Å². The number of rotatable bonds is 6. The maximum absolute atomic E-state index is 14.0. The molecule has 0 atom stereocenters. The largest absolute Gasteiger partial charge is 0.288 e. The fourth-order valence-electron chi connectivity index (χ4n) is 3.70. The van der Waals surface area contributed by atoms with Crippen LogP contribution in [0.5, 0.6) is 0 Å². The lowest BCUT2D eigenvalue weighted by atomic mass is 9.90. The molecule has 0 amide bonds. The first-order valence-electron chi connectivity index (χ1n) is 9.19. The number of benzene rings is 3. The second kappa shape index (κ2) is 9.23. The molecule has 0 aromatic heterocycles. The first kappa shape index (κ1) is 21.1. The fraction of sp³-hybridized carbons (Fsp3) is 0.208. The van der Waals surface area contributed by atoms with Crippen LogP contribution in [-0.4, -0.2) is 5.52 Å². The number of hydrogen-bond acceptors (Lipinski definition) is 1. The molecular formula is C24H23Cl2OP. The Morgan fingerprint density at radius 3 is 1.46 bits per heavy atom. The zero-order valence-corrected chi connectivity index (χ0v) is 18.7. The molecule has 4 heteroatoms. The first-order chi connectivity index (χ1) is 13.5. The van der Waals surface area contributed by atoms with Crippen molar-refractivity contribution in [3.05, 3.63) is 94.0 Å². The molecule has 3 aromatic carbocycles. The maximum Gasteiger partial charge on any atom is 0.193 e.